The smallest absolute Gasteiger partial charge is 0.416 e. The Bertz CT molecular complexity index is 510. The largest absolute Gasteiger partial charge is 0.493 e. The summed E-state index contributed by atoms with van der Waals surface area (Å²) in [5.41, 5.74) is 4.19. The first-order valence-corrected chi connectivity index (χ1v) is 6.86. The zero-order chi connectivity index (χ0) is 16.2. The number of hydrogen-bond donors (Lipinski definition) is 1. The lowest BCUT2D eigenvalue weighted by Crippen LogP contribution is -2.18. The molecule has 0 fully saturated rings. The normalized spacial score (nSPS) is 11.8. The molecule has 1 amide bonds. The molecular formula is C15H20F3NO2. The van der Waals surface area contributed by atoms with Gasteiger partial charge < -0.3 is 10.5 Å². The SMILES string of the molecule is CCCCOc1cc(C(C)C)c(C(F)(F)F)cc1C(N)=O. The first-order chi connectivity index (χ1) is 9.68. The van der Waals surface area contributed by atoms with Crippen LogP contribution in [-0.4, -0.2) is 12.5 Å². The van der Waals surface area contributed by atoms with E-state index in [1.807, 2.05) is 6.92 Å². The molecule has 6 heteroatoms. The van der Waals surface area contributed by atoms with Crippen LogP contribution in [0.5, 0.6) is 5.75 Å². The van der Waals surface area contributed by atoms with E-state index in [1.54, 1.807) is 13.8 Å². The fourth-order valence-corrected chi connectivity index (χ4v) is 1.96. The molecule has 3 nitrogen and oxygen atoms in total. The van der Waals surface area contributed by atoms with Crippen molar-refractivity contribution >= 4 is 5.91 Å². The lowest BCUT2D eigenvalue weighted by atomic mass is 9.94. The minimum Gasteiger partial charge on any atom is -0.493 e. The third kappa shape index (κ3) is 4.37. The number of unbranched alkanes of at least 4 members (excludes halogenated alkanes) is 1. The summed E-state index contributed by atoms with van der Waals surface area (Å²) in [6.45, 7) is 5.61. The summed E-state index contributed by atoms with van der Waals surface area (Å²) < 4.78 is 44.7. The van der Waals surface area contributed by atoms with Crippen molar-refractivity contribution in [2.24, 2.45) is 5.73 Å². The Labute approximate surface area is 122 Å². The fraction of sp³-hybridized carbons (Fsp3) is 0.533. The molecular weight excluding hydrogens is 283 g/mol. The number of amides is 1. The first kappa shape index (κ1) is 17.3. The highest BCUT2D eigenvalue weighted by Gasteiger charge is 2.35. The van der Waals surface area contributed by atoms with E-state index in [0.29, 0.717) is 6.61 Å². The molecule has 0 aromatic heterocycles. The molecule has 0 atom stereocenters. The average molecular weight is 303 g/mol. The number of nitrogens with two attached hydrogens (primary N) is 1. The zero-order valence-corrected chi connectivity index (χ0v) is 12.4. The molecule has 2 N–H and O–H groups in total. The Hall–Kier alpha value is -1.72. The van der Waals surface area contributed by atoms with E-state index in [0.717, 1.165) is 18.9 Å². The maximum absolute atomic E-state index is 13.1. The molecule has 0 heterocycles. The first-order valence-electron chi connectivity index (χ1n) is 6.86. The maximum atomic E-state index is 13.1. The molecule has 0 radical (unpaired) electrons. The van der Waals surface area contributed by atoms with Crippen molar-refractivity contribution < 1.29 is 22.7 Å². The lowest BCUT2D eigenvalue weighted by Gasteiger charge is -2.19. The Morgan fingerprint density at radius 3 is 2.38 bits per heavy atom. The molecule has 0 aliphatic carbocycles. The summed E-state index contributed by atoms with van der Waals surface area (Å²) in [5, 5.41) is 0. The van der Waals surface area contributed by atoms with Crippen molar-refractivity contribution in [3.8, 4) is 5.75 Å². The predicted molar refractivity (Wildman–Crippen MR) is 74.5 cm³/mol. The van der Waals surface area contributed by atoms with Crippen molar-refractivity contribution in [2.45, 2.75) is 45.7 Å². The van der Waals surface area contributed by atoms with Crippen molar-refractivity contribution in [1.82, 2.24) is 0 Å². The van der Waals surface area contributed by atoms with Crippen LogP contribution in [0.3, 0.4) is 0 Å². The topological polar surface area (TPSA) is 52.3 Å². The van der Waals surface area contributed by atoms with Gasteiger partial charge in [0.15, 0.2) is 0 Å². The van der Waals surface area contributed by atoms with Crippen LogP contribution in [0.15, 0.2) is 12.1 Å². The van der Waals surface area contributed by atoms with E-state index in [9.17, 15) is 18.0 Å². The van der Waals surface area contributed by atoms with Crippen molar-refractivity contribution in [2.75, 3.05) is 6.61 Å². The number of rotatable bonds is 6. The summed E-state index contributed by atoms with van der Waals surface area (Å²) >= 11 is 0. The van der Waals surface area contributed by atoms with Crippen molar-refractivity contribution in [1.29, 1.82) is 0 Å². The highest BCUT2D eigenvalue weighted by molar-refractivity contribution is 5.96. The average Bonchev–Trinajstić information content (AvgIpc) is 2.36. The van der Waals surface area contributed by atoms with Crippen LogP contribution < -0.4 is 10.5 Å². The van der Waals surface area contributed by atoms with Gasteiger partial charge in [0.1, 0.15) is 5.75 Å². The zero-order valence-electron chi connectivity index (χ0n) is 12.4. The number of primary amides is 1. The monoisotopic (exact) mass is 303 g/mol. The van der Waals surface area contributed by atoms with Gasteiger partial charge in [-0.25, -0.2) is 0 Å². The number of ether oxygens (including phenoxy) is 1. The molecule has 0 unspecified atom stereocenters. The summed E-state index contributed by atoms with van der Waals surface area (Å²) in [6.07, 6.45) is -2.91. The number of alkyl halides is 3. The van der Waals surface area contributed by atoms with Crippen molar-refractivity contribution in [3.05, 3.63) is 28.8 Å². The van der Waals surface area contributed by atoms with Gasteiger partial charge in [-0.3, -0.25) is 4.79 Å². The van der Waals surface area contributed by atoms with Crippen LogP contribution in [0, 0.1) is 0 Å². The fourth-order valence-electron chi connectivity index (χ4n) is 1.96. The molecule has 0 saturated carbocycles. The third-order valence-electron chi connectivity index (χ3n) is 3.10. The highest BCUT2D eigenvalue weighted by atomic mass is 19.4. The van der Waals surface area contributed by atoms with E-state index in [1.165, 1.54) is 6.07 Å². The molecule has 1 aromatic rings. The Morgan fingerprint density at radius 1 is 1.33 bits per heavy atom. The number of carbonyl (C=O) groups excluding carboxylic acids is 1. The maximum Gasteiger partial charge on any atom is 0.416 e. The Balaban J connectivity index is 3.37. The second kappa shape index (κ2) is 6.83. The van der Waals surface area contributed by atoms with Gasteiger partial charge in [0.05, 0.1) is 17.7 Å². The van der Waals surface area contributed by atoms with Crippen LogP contribution in [0.4, 0.5) is 13.2 Å². The number of carbonyl (C=O) groups is 1. The second-order valence-electron chi connectivity index (χ2n) is 5.15. The predicted octanol–water partition coefficient (Wildman–Crippen LogP) is 4.11. The molecule has 0 spiro atoms. The Kier molecular flexibility index (Phi) is 5.63. The van der Waals surface area contributed by atoms with Crippen LogP contribution in [0.25, 0.3) is 0 Å². The summed E-state index contributed by atoms with van der Waals surface area (Å²) in [4.78, 5) is 11.4. The van der Waals surface area contributed by atoms with Gasteiger partial charge in [-0.05, 0) is 30.0 Å². The van der Waals surface area contributed by atoms with Gasteiger partial charge in [-0.15, -0.1) is 0 Å². The van der Waals surface area contributed by atoms with Gasteiger partial charge in [0.25, 0.3) is 5.91 Å². The van der Waals surface area contributed by atoms with Crippen LogP contribution in [0.1, 0.15) is 61.0 Å². The molecule has 0 aliphatic heterocycles. The minimum absolute atomic E-state index is 0.0963. The molecule has 0 aliphatic rings. The van der Waals surface area contributed by atoms with Crippen LogP contribution in [0.2, 0.25) is 0 Å². The van der Waals surface area contributed by atoms with E-state index < -0.39 is 17.6 Å². The molecule has 118 valence electrons. The Morgan fingerprint density at radius 2 is 1.95 bits per heavy atom. The molecule has 0 saturated heterocycles. The summed E-state index contributed by atoms with van der Waals surface area (Å²) in [6, 6.07) is 2.07. The lowest BCUT2D eigenvalue weighted by molar-refractivity contribution is -0.138. The van der Waals surface area contributed by atoms with E-state index in [4.69, 9.17) is 10.5 Å². The third-order valence-corrected chi connectivity index (χ3v) is 3.10. The minimum atomic E-state index is -4.54. The van der Waals surface area contributed by atoms with Gasteiger partial charge >= 0.3 is 6.18 Å². The number of benzene rings is 1. The second-order valence-corrected chi connectivity index (χ2v) is 5.15. The quantitative estimate of drug-likeness (QED) is 0.804. The number of halogens is 3. The van der Waals surface area contributed by atoms with E-state index in [2.05, 4.69) is 0 Å². The van der Waals surface area contributed by atoms with Crippen LogP contribution >= 0.6 is 0 Å². The van der Waals surface area contributed by atoms with Gasteiger partial charge in [-0.1, -0.05) is 27.2 Å². The molecule has 21 heavy (non-hydrogen) atoms. The van der Waals surface area contributed by atoms with Gasteiger partial charge in [0.2, 0.25) is 0 Å². The molecule has 1 aromatic carbocycles. The number of hydrogen-bond acceptors (Lipinski definition) is 2. The van der Waals surface area contributed by atoms with E-state index in [-0.39, 0.29) is 22.8 Å². The molecule has 1 rings (SSSR count). The summed E-state index contributed by atoms with van der Waals surface area (Å²) in [7, 11) is 0. The van der Waals surface area contributed by atoms with Gasteiger partial charge in [0, 0.05) is 0 Å². The van der Waals surface area contributed by atoms with Crippen LogP contribution in [-0.2, 0) is 6.18 Å². The van der Waals surface area contributed by atoms with Crippen molar-refractivity contribution in [3.63, 3.8) is 0 Å². The molecule has 0 bridgehead atoms. The summed E-state index contributed by atoms with van der Waals surface area (Å²) in [5.74, 6) is -1.16. The van der Waals surface area contributed by atoms with E-state index >= 15 is 0 Å². The van der Waals surface area contributed by atoms with Gasteiger partial charge in [-0.2, -0.15) is 13.2 Å². The highest BCUT2D eigenvalue weighted by Crippen LogP contribution is 2.38. The standard InChI is InChI=1S/C15H20F3NO2/c1-4-5-6-21-13-8-10(9(2)3)12(15(16,17)18)7-11(13)14(19)20/h7-9H,4-6H2,1-3H3,(H2,19,20).